The van der Waals surface area contributed by atoms with E-state index in [-0.39, 0.29) is 117 Å². The summed E-state index contributed by atoms with van der Waals surface area (Å²) >= 11 is 0. The van der Waals surface area contributed by atoms with E-state index in [9.17, 15) is 54.9 Å². The maximum absolute atomic E-state index is 12.0. The van der Waals surface area contributed by atoms with E-state index in [4.69, 9.17) is 39.0 Å². The van der Waals surface area contributed by atoms with Gasteiger partial charge in [0.2, 0.25) is 0 Å². The van der Waals surface area contributed by atoms with Crippen molar-refractivity contribution in [1.82, 2.24) is 0 Å². The number of carboxylic acid groups (broad SMARTS) is 1. The Morgan fingerprint density at radius 2 is 0.510 bits per heavy atom. The smallest absolute Gasteiger partial charge is 0.306 e. The molecule has 0 aliphatic rings. The average Bonchev–Trinajstić information content (AvgIpc) is 0.771. The van der Waals surface area contributed by atoms with Gasteiger partial charge in [-0.25, -0.2) is 0 Å². The van der Waals surface area contributed by atoms with Crippen LogP contribution >= 0.6 is 0 Å². The van der Waals surface area contributed by atoms with Gasteiger partial charge in [0.1, 0.15) is 22.6 Å². The maximum Gasteiger partial charge on any atom is 0.306 e. The van der Waals surface area contributed by atoms with E-state index in [1.807, 2.05) is 237 Å². The molecule has 10 N–H and O–H groups in total. The van der Waals surface area contributed by atoms with Gasteiger partial charge in [0.15, 0.2) is 0 Å². The second-order valence-corrected chi connectivity index (χ2v) is 24.1. The molecule has 0 atom stereocenters. The molecule has 0 saturated carbocycles. The standard InChI is InChI=1S/C30H34O6.C28H30O7.C24H26O4.C3H8O2/c1-2-28(33)17-18-29(34)35-19-6-20-36-30(25-7-4-3-5-8-25,26-13-9-23(21-31)10-14-26)27-15-11-24(22-32)12-16-27;29-19-21-7-11-24(12-8-21)28(23-5-2-1-3-6-23,25-13-9-22(20-30)10-14-25)35-18-4-17-34-27(33)16-15-26(31)32;25-15-4-16-28-24(21-5-2-1-3-6-21,22-11-7-19(17-26)8-12-22)23-13-9-20(18-27)10-14-23;4-2-1-3-5/h3-5,7-16,31-32H,2,6,17-22H2,1H3;1-3,5-14,29-30H,4,15-20H2,(H,31,32);1-3,5-14,25-27H,4,15-18H2;4-5H,1-3H2. The lowest BCUT2D eigenvalue weighted by atomic mass is 9.79. The number of Topliss-reactive ketones (excluding diaryl/α,β-unsaturated/α-hetero) is 1. The summed E-state index contributed by atoms with van der Waals surface area (Å²) in [5.74, 6) is -1.94. The topological polar surface area (TPSA) is 317 Å². The fourth-order valence-electron chi connectivity index (χ4n) is 11.4. The van der Waals surface area contributed by atoms with Crippen LogP contribution in [-0.4, -0.2) is 128 Å². The van der Waals surface area contributed by atoms with Gasteiger partial charge in [-0.1, -0.05) is 244 Å². The van der Waals surface area contributed by atoms with Crippen molar-refractivity contribution >= 4 is 23.7 Å². The van der Waals surface area contributed by atoms with Crippen LogP contribution in [0.15, 0.2) is 237 Å². The minimum Gasteiger partial charge on any atom is -0.481 e. The second kappa shape index (κ2) is 45.6. The number of hydrogen-bond acceptors (Lipinski definition) is 18. The summed E-state index contributed by atoms with van der Waals surface area (Å²) in [6.07, 6.45) is 2.20. The third-order valence-electron chi connectivity index (χ3n) is 17.0. The number of aliphatic hydroxyl groups excluding tert-OH is 9. The van der Waals surface area contributed by atoms with Crippen LogP contribution < -0.4 is 0 Å². The number of carboxylic acids is 1. The molecule has 0 unspecified atom stereocenters. The van der Waals surface area contributed by atoms with Gasteiger partial charge >= 0.3 is 17.9 Å². The lowest BCUT2D eigenvalue weighted by Gasteiger charge is -2.36. The average molecular weight is 1420 g/mol. The van der Waals surface area contributed by atoms with Crippen LogP contribution in [0.4, 0.5) is 0 Å². The molecule has 0 fully saturated rings. The van der Waals surface area contributed by atoms with E-state index in [0.29, 0.717) is 45.3 Å². The molecule has 104 heavy (non-hydrogen) atoms. The number of esters is 2. The summed E-state index contributed by atoms with van der Waals surface area (Å²) < 4.78 is 30.2. The Morgan fingerprint density at radius 1 is 0.279 bits per heavy atom. The lowest BCUT2D eigenvalue weighted by Crippen LogP contribution is -2.33. The SMILES string of the molecule is CCC(=O)CCC(=O)OCCCOC(c1ccccc1)(c1ccc(CO)cc1)c1ccc(CO)cc1.O=C(O)CCC(=O)OCCCOC(c1ccccc1)(c1ccc(CO)cc1)c1ccc(CO)cc1.OCCCO.OCCCOC(c1ccccc1)(c1ccc(CO)cc1)c1ccc(CO)cc1. The summed E-state index contributed by atoms with van der Waals surface area (Å²) in [6.45, 7) is 2.97. The number of carbonyl (C=O) groups excluding carboxylic acids is 3. The second-order valence-electron chi connectivity index (χ2n) is 24.1. The first-order valence-electron chi connectivity index (χ1n) is 34.9. The molecule has 0 heterocycles. The fourth-order valence-corrected chi connectivity index (χ4v) is 11.4. The summed E-state index contributed by atoms with van der Waals surface area (Å²) in [6, 6.07) is 75.4. The number of benzene rings is 9. The lowest BCUT2D eigenvalue weighted by molar-refractivity contribution is -0.148. The molecule has 9 aromatic rings. The third-order valence-corrected chi connectivity index (χ3v) is 17.0. The minimum absolute atomic E-state index is 0.0187. The first-order chi connectivity index (χ1) is 50.7. The highest BCUT2D eigenvalue weighted by Crippen LogP contribution is 2.44. The molecule has 19 heteroatoms. The largest absolute Gasteiger partial charge is 0.481 e. The van der Waals surface area contributed by atoms with Crippen molar-refractivity contribution in [2.45, 2.75) is 121 Å². The van der Waals surface area contributed by atoms with Gasteiger partial charge in [0, 0.05) is 45.5 Å². The zero-order valence-corrected chi connectivity index (χ0v) is 58.9. The highest BCUT2D eigenvalue weighted by atomic mass is 16.5. The molecular formula is C85H98O19. The van der Waals surface area contributed by atoms with Gasteiger partial charge in [-0.05, 0) is 96.3 Å². The van der Waals surface area contributed by atoms with Gasteiger partial charge in [0.05, 0.1) is 91.9 Å². The van der Waals surface area contributed by atoms with Gasteiger partial charge in [-0.3, -0.25) is 19.2 Å². The van der Waals surface area contributed by atoms with Crippen molar-refractivity contribution in [2.24, 2.45) is 0 Å². The molecule has 19 nitrogen and oxygen atoms in total. The van der Waals surface area contributed by atoms with Crippen LogP contribution in [0.5, 0.6) is 0 Å². The normalized spacial score (nSPS) is 11.2. The van der Waals surface area contributed by atoms with Crippen LogP contribution in [0.25, 0.3) is 0 Å². The van der Waals surface area contributed by atoms with Gasteiger partial charge in [-0.2, -0.15) is 0 Å². The van der Waals surface area contributed by atoms with Crippen LogP contribution in [0.2, 0.25) is 0 Å². The molecule has 0 aromatic heterocycles. The number of hydrogen-bond donors (Lipinski definition) is 10. The van der Waals surface area contributed by atoms with E-state index in [1.165, 1.54) is 0 Å². The molecule has 0 aliphatic carbocycles. The van der Waals surface area contributed by atoms with Crippen LogP contribution in [0.3, 0.4) is 0 Å². The number of ether oxygens (including phenoxy) is 5. The van der Waals surface area contributed by atoms with Crippen molar-refractivity contribution in [2.75, 3.05) is 52.9 Å². The Hall–Kier alpha value is -9.42. The zero-order chi connectivity index (χ0) is 74.8. The van der Waals surface area contributed by atoms with Crippen LogP contribution in [-0.2, 0) is 99.3 Å². The number of carbonyl (C=O) groups is 4. The number of ketones is 1. The van der Waals surface area contributed by atoms with E-state index in [2.05, 4.69) is 0 Å². The maximum atomic E-state index is 12.0. The van der Waals surface area contributed by atoms with E-state index in [0.717, 1.165) is 83.5 Å². The van der Waals surface area contributed by atoms with Crippen molar-refractivity contribution in [3.63, 3.8) is 0 Å². The highest BCUT2D eigenvalue weighted by molar-refractivity contribution is 5.82. The Balaban J connectivity index is 0.000000238. The molecule has 0 amide bonds. The summed E-state index contributed by atoms with van der Waals surface area (Å²) in [7, 11) is 0. The van der Waals surface area contributed by atoms with Gasteiger partial charge in [0.25, 0.3) is 0 Å². The summed E-state index contributed by atoms with van der Waals surface area (Å²) in [5, 5.41) is 90.7. The Labute approximate surface area is 608 Å². The molecular weight excluding hydrogens is 1320 g/mol. The van der Waals surface area contributed by atoms with E-state index < -0.39 is 28.7 Å². The minimum atomic E-state index is -1.04. The molecule has 9 aromatic carbocycles. The Kier molecular flexibility index (Phi) is 36.6. The zero-order valence-electron chi connectivity index (χ0n) is 58.9. The number of rotatable bonds is 38. The van der Waals surface area contributed by atoms with Gasteiger partial charge in [-0.15, -0.1) is 0 Å². The predicted octanol–water partition coefficient (Wildman–Crippen LogP) is 11.2. The monoisotopic (exact) mass is 1420 g/mol. The van der Waals surface area contributed by atoms with Crippen LogP contribution in [0.1, 0.15) is 148 Å². The molecule has 552 valence electrons. The van der Waals surface area contributed by atoms with Crippen molar-refractivity contribution in [1.29, 1.82) is 0 Å². The Bertz CT molecular complexity index is 3730. The quantitative estimate of drug-likeness (QED) is 0.00976. The van der Waals surface area contributed by atoms with Crippen molar-refractivity contribution in [3.8, 4) is 0 Å². The van der Waals surface area contributed by atoms with Crippen molar-refractivity contribution in [3.05, 3.63) is 320 Å². The van der Waals surface area contributed by atoms with Gasteiger partial charge < -0.3 is 74.7 Å². The van der Waals surface area contributed by atoms with E-state index in [1.54, 1.807) is 6.92 Å². The molecule has 0 saturated heterocycles. The molecule has 0 spiro atoms. The first kappa shape index (κ1) is 83.5. The number of aliphatic carboxylic acids is 1. The third kappa shape index (κ3) is 24.3. The highest BCUT2D eigenvalue weighted by Gasteiger charge is 2.40. The molecule has 0 aliphatic heterocycles. The predicted molar refractivity (Wildman–Crippen MR) is 394 cm³/mol. The molecule has 9 rings (SSSR count). The summed E-state index contributed by atoms with van der Waals surface area (Å²) in [5.41, 5.74) is 10.2. The van der Waals surface area contributed by atoms with E-state index >= 15 is 0 Å². The molecule has 0 radical (unpaired) electrons. The number of aliphatic hydroxyl groups is 9. The Morgan fingerprint density at radius 3 is 0.721 bits per heavy atom. The molecule has 0 bridgehead atoms. The van der Waals surface area contributed by atoms with Crippen LogP contribution in [0, 0.1) is 0 Å². The summed E-state index contributed by atoms with van der Waals surface area (Å²) in [4.78, 5) is 45.7. The fraction of sp³-hybridized carbons (Fsp3) is 0.318. The van der Waals surface area contributed by atoms with Crippen molar-refractivity contribution < 1.29 is 93.9 Å². The first-order valence-corrected chi connectivity index (χ1v) is 34.9.